The second kappa shape index (κ2) is 8.43. The molecular formula is C16H29N5O3. The number of carbonyl (C=O) groups excluding carboxylic acids is 3. The summed E-state index contributed by atoms with van der Waals surface area (Å²) in [5.41, 5.74) is 0. The van der Waals surface area contributed by atoms with E-state index in [4.69, 9.17) is 0 Å². The Kier molecular flexibility index (Phi) is 6.56. The molecule has 8 heteroatoms. The maximum Gasteiger partial charge on any atom is 0.322 e. The largest absolute Gasteiger partial charge is 0.343 e. The van der Waals surface area contributed by atoms with Crippen molar-refractivity contribution in [2.45, 2.75) is 37.8 Å². The Morgan fingerprint density at radius 2 is 1.83 bits per heavy atom. The first-order chi connectivity index (χ1) is 11.4. The summed E-state index contributed by atoms with van der Waals surface area (Å²) in [6.07, 6.45) is 2.62. The lowest BCUT2D eigenvalue weighted by molar-refractivity contribution is -0.133. The van der Waals surface area contributed by atoms with Crippen molar-refractivity contribution in [2.75, 3.05) is 47.3 Å². The Bertz CT molecular complexity index is 474. The Labute approximate surface area is 143 Å². The smallest absolute Gasteiger partial charge is 0.322 e. The van der Waals surface area contributed by atoms with Gasteiger partial charge < -0.3 is 20.0 Å². The van der Waals surface area contributed by atoms with Gasteiger partial charge in [0.1, 0.15) is 6.04 Å². The van der Waals surface area contributed by atoms with Crippen LogP contribution in [0.25, 0.3) is 0 Å². The molecule has 136 valence electrons. The SMILES string of the molecule is CN(C)CCN(C)C1CCN(C(=O)CC[C@@H]2NC(=O)NC2=O)CC1. The van der Waals surface area contributed by atoms with Gasteiger partial charge in [-0.3, -0.25) is 14.9 Å². The van der Waals surface area contributed by atoms with Crippen LogP contribution < -0.4 is 10.6 Å². The molecule has 2 aliphatic rings. The first-order valence-corrected chi connectivity index (χ1v) is 8.61. The molecule has 2 saturated heterocycles. The van der Waals surface area contributed by atoms with Crippen LogP contribution in [0.4, 0.5) is 4.79 Å². The van der Waals surface area contributed by atoms with Crippen LogP contribution >= 0.6 is 0 Å². The fraction of sp³-hybridized carbons (Fsp3) is 0.812. The van der Waals surface area contributed by atoms with Crippen LogP contribution in [0, 0.1) is 0 Å². The van der Waals surface area contributed by atoms with Gasteiger partial charge in [-0.15, -0.1) is 0 Å². The molecule has 24 heavy (non-hydrogen) atoms. The highest BCUT2D eigenvalue weighted by molar-refractivity contribution is 6.04. The number of nitrogens with zero attached hydrogens (tertiary/aromatic N) is 3. The van der Waals surface area contributed by atoms with Crippen LogP contribution in [0.2, 0.25) is 0 Å². The first-order valence-electron chi connectivity index (χ1n) is 8.61. The van der Waals surface area contributed by atoms with E-state index in [9.17, 15) is 14.4 Å². The maximum absolute atomic E-state index is 12.3. The number of urea groups is 1. The standard InChI is InChI=1S/C16H29N5O3/c1-19(2)10-11-20(3)12-6-8-21(9-7-12)14(22)5-4-13-15(23)18-16(24)17-13/h12-13H,4-11H2,1-3H3,(H2,17,18,23,24)/t13-/m0/s1. The molecule has 2 fully saturated rings. The van der Waals surface area contributed by atoms with Crippen LogP contribution in [0.15, 0.2) is 0 Å². The number of rotatable bonds is 7. The molecule has 0 aromatic carbocycles. The number of likely N-dealkylation sites (N-methyl/N-ethyl adjacent to an activating group) is 2. The lowest BCUT2D eigenvalue weighted by Crippen LogP contribution is -2.47. The van der Waals surface area contributed by atoms with Gasteiger partial charge >= 0.3 is 6.03 Å². The predicted molar refractivity (Wildman–Crippen MR) is 90.5 cm³/mol. The van der Waals surface area contributed by atoms with Crippen molar-refractivity contribution in [1.29, 1.82) is 0 Å². The van der Waals surface area contributed by atoms with Gasteiger partial charge in [-0.2, -0.15) is 0 Å². The Balaban J connectivity index is 1.69. The summed E-state index contributed by atoms with van der Waals surface area (Å²) in [6, 6.07) is -0.524. The molecule has 0 aromatic heterocycles. The van der Waals surface area contributed by atoms with Crippen LogP contribution in [0.5, 0.6) is 0 Å². The third-order valence-corrected chi connectivity index (χ3v) is 4.85. The van der Waals surface area contributed by atoms with Gasteiger partial charge in [0.15, 0.2) is 0 Å². The van der Waals surface area contributed by atoms with E-state index in [1.807, 2.05) is 4.90 Å². The predicted octanol–water partition coefficient (Wildman–Crippen LogP) is -0.541. The van der Waals surface area contributed by atoms with Crippen molar-refractivity contribution in [2.24, 2.45) is 0 Å². The average molecular weight is 339 g/mol. The molecule has 0 radical (unpaired) electrons. The Hall–Kier alpha value is -1.67. The van der Waals surface area contributed by atoms with Gasteiger partial charge in [-0.1, -0.05) is 0 Å². The third-order valence-electron chi connectivity index (χ3n) is 4.85. The zero-order valence-electron chi connectivity index (χ0n) is 14.9. The van der Waals surface area contributed by atoms with Crippen molar-refractivity contribution in [1.82, 2.24) is 25.3 Å². The van der Waals surface area contributed by atoms with Gasteiger partial charge in [-0.05, 0) is 40.4 Å². The van der Waals surface area contributed by atoms with Crippen LogP contribution in [-0.4, -0.2) is 92.0 Å². The van der Waals surface area contributed by atoms with Gasteiger partial charge in [-0.25, -0.2) is 4.79 Å². The van der Waals surface area contributed by atoms with E-state index in [0.29, 0.717) is 18.9 Å². The molecule has 0 aromatic rings. The van der Waals surface area contributed by atoms with E-state index >= 15 is 0 Å². The summed E-state index contributed by atoms with van der Waals surface area (Å²) in [5, 5.41) is 4.71. The quantitative estimate of drug-likeness (QED) is 0.609. The molecule has 2 aliphatic heterocycles. The minimum Gasteiger partial charge on any atom is -0.343 e. The summed E-state index contributed by atoms with van der Waals surface area (Å²) >= 11 is 0. The van der Waals surface area contributed by atoms with E-state index in [1.165, 1.54) is 0 Å². The molecule has 0 bridgehead atoms. The summed E-state index contributed by atoms with van der Waals surface area (Å²) in [5.74, 6) is -0.271. The molecule has 0 spiro atoms. The van der Waals surface area contributed by atoms with Crippen molar-refractivity contribution >= 4 is 17.8 Å². The van der Waals surface area contributed by atoms with Crippen molar-refractivity contribution in [3.8, 4) is 0 Å². The maximum atomic E-state index is 12.3. The van der Waals surface area contributed by atoms with Gasteiger partial charge in [0.2, 0.25) is 5.91 Å². The number of nitrogens with one attached hydrogen (secondary N) is 2. The molecule has 2 rings (SSSR count). The van der Waals surface area contributed by atoms with E-state index in [0.717, 1.165) is 39.0 Å². The van der Waals surface area contributed by atoms with E-state index in [2.05, 4.69) is 41.6 Å². The van der Waals surface area contributed by atoms with Gasteiger partial charge in [0.25, 0.3) is 5.91 Å². The van der Waals surface area contributed by atoms with E-state index in [-0.39, 0.29) is 11.8 Å². The number of amides is 4. The topological polar surface area (TPSA) is 85.0 Å². The van der Waals surface area contributed by atoms with Crippen LogP contribution in [-0.2, 0) is 9.59 Å². The number of carbonyl (C=O) groups is 3. The van der Waals surface area contributed by atoms with Crippen LogP contribution in [0.1, 0.15) is 25.7 Å². The highest BCUT2D eigenvalue weighted by atomic mass is 16.2. The fourth-order valence-electron chi connectivity index (χ4n) is 3.18. The van der Waals surface area contributed by atoms with E-state index < -0.39 is 12.1 Å². The molecule has 2 heterocycles. The summed E-state index contributed by atoms with van der Waals surface area (Å²) in [4.78, 5) is 41.3. The lowest BCUT2D eigenvalue weighted by Gasteiger charge is -2.37. The average Bonchev–Trinajstić information content (AvgIpc) is 2.88. The Morgan fingerprint density at radius 1 is 1.17 bits per heavy atom. The highest BCUT2D eigenvalue weighted by Gasteiger charge is 2.31. The highest BCUT2D eigenvalue weighted by Crippen LogP contribution is 2.17. The summed E-state index contributed by atoms with van der Waals surface area (Å²) in [7, 11) is 6.29. The second-order valence-electron chi connectivity index (χ2n) is 6.95. The molecule has 2 N–H and O–H groups in total. The zero-order chi connectivity index (χ0) is 17.7. The van der Waals surface area contributed by atoms with Crippen LogP contribution in [0.3, 0.4) is 0 Å². The molecular weight excluding hydrogens is 310 g/mol. The van der Waals surface area contributed by atoms with Crippen molar-refractivity contribution < 1.29 is 14.4 Å². The molecule has 8 nitrogen and oxygen atoms in total. The summed E-state index contributed by atoms with van der Waals surface area (Å²) in [6.45, 7) is 3.59. The minimum absolute atomic E-state index is 0.0679. The molecule has 4 amide bonds. The van der Waals surface area contributed by atoms with E-state index in [1.54, 1.807) is 0 Å². The molecule has 0 saturated carbocycles. The van der Waals surface area contributed by atoms with Crippen molar-refractivity contribution in [3.63, 3.8) is 0 Å². The fourth-order valence-corrected chi connectivity index (χ4v) is 3.18. The monoisotopic (exact) mass is 339 g/mol. The van der Waals surface area contributed by atoms with Gasteiger partial charge in [0.05, 0.1) is 0 Å². The second-order valence-corrected chi connectivity index (χ2v) is 6.95. The minimum atomic E-state index is -0.573. The normalized spacial score (nSPS) is 22.2. The number of imide groups is 1. The Morgan fingerprint density at radius 3 is 2.38 bits per heavy atom. The summed E-state index contributed by atoms with van der Waals surface area (Å²) < 4.78 is 0. The number of hydrogen-bond donors (Lipinski definition) is 2. The number of hydrogen-bond acceptors (Lipinski definition) is 5. The third kappa shape index (κ3) is 5.17. The molecule has 0 aliphatic carbocycles. The number of likely N-dealkylation sites (tertiary alicyclic amines) is 1. The lowest BCUT2D eigenvalue weighted by atomic mass is 10.0. The molecule has 1 atom stereocenters. The first kappa shape index (κ1) is 18.7. The van der Waals surface area contributed by atoms with Crippen molar-refractivity contribution in [3.05, 3.63) is 0 Å². The van der Waals surface area contributed by atoms with Gasteiger partial charge in [0, 0.05) is 38.6 Å². The number of piperidine rings is 1. The zero-order valence-corrected chi connectivity index (χ0v) is 14.9. The molecule has 0 unspecified atom stereocenters.